The van der Waals surface area contributed by atoms with Crippen molar-refractivity contribution in [1.29, 1.82) is 0 Å². The van der Waals surface area contributed by atoms with E-state index in [1.165, 1.54) is 6.08 Å². The summed E-state index contributed by atoms with van der Waals surface area (Å²) in [5.41, 5.74) is 4.63. The number of methoxy groups -OCH3 is 1. The fraction of sp³-hybridized carbons (Fsp3) is 0.0909. The molecule has 4 aromatic rings. The summed E-state index contributed by atoms with van der Waals surface area (Å²) in [5.74, 6) is 0.540. The molecule has 0 fully saturated rings. The predicted octanol–water partition coefficient (Wildman–Crippen LogP) is 5.03. The number of imidazole rings is 1. The Labute approximate surface area is 166 Å². The van der Waals surface area contributed by atoms with Gasteiger partial charge in [-0.2, -0.15) is 0 Å². The van der Waals surface area contributed by atoms with Crippen molar-refractivity contribution in [3.05, 3.63) is 77.4 Å². The van der Waals surface area contributed by atoms with Gasteiger partial charge < -0.3 is 10.1 Å². The van der Waals surface area contributed by atoms with E-state index in [9.17, 15) is 4.79 Å². The molecule has 0 atom stereocenters. The third-order valence-electron chi connectivity index (χ3n) is 4.34. The van der Waals surface area contributed by atoms with E-state index < -0.39 is 0 Å². The summed E-state index contributed by atoms with van der Waals surface area (Å²) in [7, 11) is 1.62. The maximum absolute atomic E-state index is 12.3. The second-order valence-electron chi connectivity index (χ2n) is 6.36. The molecule has 140 valence electrons. The van der Waals surface area contributed by atoms with E-state index >= 15 is 0 Å². The van der Waals surface area contributed by atoms with Crippen molar-refractivity contribution in [2.45, 2.75) is 6.92 Å². The molecule has 2 aromatic heterocycles. The molecule has 0 unspecified atom stereocenters. The number of carbonyl (C=O) groups is 1. The first-order valence-electron chi connectivity index (χ1n) is 8.79. The number of benzene rings is 2. The maximum atomic E-state index is 12.3. The van der Waals surface area contributed by atoms with Crippen molar-refractivity contribution < 1.29 is 9.53 Å². The molecule has 0 saturated carbocycles. The van der Waals surface area contributed by atoms with E-state index in [-0.39, 0.29) is 5.91 Å². The lowest BCUT2D eigenvalue weighted by Gasteiger charge is -2.06. The SMILES string of the molecule is COc1ccc(C)cc1C=CC(=O)Nc1ccc(-c2cn3ccsc3n2)cc1. The predicted molar refractivity (Wildman–Crippen MR) is 114 cm³/mol. The number of rotatable bonds is 5. The highest BCUT2D eigenvalue weighted by Gasteiger charge is 2.06. The summed E-state index contributed by atoms with van der Waals surface area (Å²) in [6.45, 7) is 2.00. The fourth-order valence-corrected chi connectivity index (χ4v) is 3.62. The minimum Gasteiger partial charge on any atom is -0.496 e. The van der Waals surface area contributed by atoms with Crippen molar-refractivity contribution in [3.63, 3.8) is 0 Å². The number of nitrogens with one attached hydrogen (secondary N) is 1. The van der Waals surface area contributed by atoms with Gasteiger partial charge in [-0.1, -0.05) is 23.8 Å². The van der Waals surface area contributed by atoms with Gasteiger partial charge in [0.2, 0.25) is 5.91 Å². The minimum absolute atomic E-state index is 0.196. The molecule has 5 nitrogen and oxygen atoms in total. The van der Waals surface area contributed by atoms with Crippen LogP contribution in [-0.4, -0.2) is 22.4 Å². The monoisotopic (exact) mass is 389 g/mol. The number of hydrogen-bond acceptors (Lipinski definition) is 4. The smallest absolute Gasteiger partial charge is 0.248 e. The van der Waals surface area contributed by atoms with Gasteiger partial charge in [0.15, 0.2) is 4.96 Å². The highest BCUT2D eigenvalue weighted by molar-refractivity contribution is 7.15. The van der Waals surface area contributed by atoms with Crippen LogP contribution in [0.2, 0.25) is 0 Å². The number of nitrogens with zero attached hydrogens (tertiary/aromatic N) is 2. The van der Waals surface area contributed by atoms with Crippen LogP contribution in [0, 0.1) is 6.92 Å². The van der Waals surface area contributed by atoms with Gasteiger partial charge >= 0.3 is 0 Å². The molecule has 0 aliphatic rings. The summed E-state index contributed by atoms with van der Waals surface area (Å²) in [6, 6.07) is 13.5. The molecule has 0 aliphatic carbocycles. The molecule has 28 heavy (non-hydrogen) atoms. The molecule has 1 N–H and O–H groups in total. The van der Waals surface area contributed by atoms with Crippen LogP contribution >= 0.6 is 11.3 Å². The molecule has 0 radical (unpaired) electrons. The van der Waals surface area contributed by atoms with E-state index in [1.807, 2.05) is 71.6 Å². The third-order valence-corrected chi connectivity index (χ3v) is 5.11. The van der Waals surface area contributed by atoms with E-state index in [4.69, 9.17) is 4.74 Å². The fourth-order valence-electron chi connectivity index (χ4n) is 2.92. The number of amides is 1. The first-order valence-corrected chi connectivity index (χ1v) is 9.67. The molecule has 4 rings (SSSR count). The lowest BCUT2D eigenvalue weighted by atomic mass is 10.1. The zero-order valence-electron chi connectivity index (χ0n) is 15.5. The number of thiazole rings is 1. The van der Waals surface area contributed by atoms with Crippen LogP contribution in [0.4, 0.5) is 5.69 Å². The number of aryl methyl sites for hydroxylation is 1. The van der Waals surface area contributed by atoms with Gasteiger partial charge in [0.05, 0.1) is 12.8 Å². The molecule has 1 amide bonds. The van der Waals surface area contributed by atoms with Crippen molar-refractivity contribution >= 4 is 34.0 Å². The first-order chi connectivity index (χ1) is 13.6. The van der Waals surface area contributed by atoms with Crippen LogP contribution in [0.25, 0.3) is 22.3 Å². The lowest BCUT2D eigenvalue weighted by molar-refractivity contribution is -0.111. The second kappa shape index (κ2) is 7.70. The number of hydrogen-bond donors (Lipinski definition) is 1. The molecule has 0 spiro atoms. The largest absolute Gasteiger partial charge is 0.496 e. The lowest BCUT2D eigenvalue weighted by Crippen LogP contribution is -2.07. The van der Waals surface area contributed by atoms with Crippen LogP contribution in [0.1, 0.15) is 11.1 Å². The molecule has 0 saturated heterocycles. The normalized spacial score (nSPS) is 11.2. The number of carbonyl (C=O) groups excluding carboxylic acids is 1. The number of fused-ring (bicyclic) bond motifs is 1. The zero-order chi connectivity index (χ0) is 19.5. The van der Waals surface area contributed by atoms with E-state index in [0.29, 0.717) is 0 Å². The Bertz CT molecular complexity index is 1130. The maximum Gasteiger partial charge on any atom is 0.248 e. The molecule has 6 heteroatoms. The van der Waals surface area contributed by atoms with Gasteiger partial charge in [-0.15, -0.1) is 11.3 Å². The topological polar surface area (TPSA) is 55.6 Å². The summed E-state index contributed by atoms with van der Waals surface area (Å²) < 4.78 is 7.33. The van der Waals surface area contributed by atoms with Crippen molar-refractivity contribution in [3.8, 4) is 17.0 Å². The molecular weight excluding hydrogens is 370 g/mol. The minimum atomic E-state index is -0.196. The van der Waals surface area contributed by atoms with Crippen LogP contribution in [0.5, 0.6) is 5.75 Å². The van der Waals surface area contributed by atoms with Gasteiger partial charge in [0.25, 0.3) is 0 Å². The molecule has 2 heterocycles. The summed E-state index contributed by atoms with van der Waals surface area (Å²) >= 11 is 1.60. The van der Waals surface area contributed by atoms with Crippen molar-refractivity contribution in [2.75, 3.05) is 12.4 Å². The highest BCUT2D eigenvalue weighted by Crippen LogP contribution is 2.23. The second-order valence-corrected chi connectivity index (χ2v) is 7.24. The van der Waals surface area contributed by atoms with Crippen LogP contribution in [0.3, 0.4) is 0 Å². The average molecular weight is 389 g/mol. The van der Waals surface area contributed by atoms with Gasteiger partial charge in [-0.3, -0.25) is 9.20 Å². The average Bonchev–Trinajstić information content (AvgIpc) is 3.29. The molecule has 0 bridgehead atoms. The Balaban J connectivity index is 1.45. The Morgan fingerprint density at radius 2 is 2.04 bits per heavy atom. The number of ether oxygens (including phenoxy) is 1. The van der Waals surface area contributed by atoms with Gasteiger partial charge in [0, 0.05) is 40.7 Å². The van der Waals surface area contributed by atoms with E-state index in [1.54, 1.807) is 24.5 Å². The van der Waals surface area contributed by atoms with Crippen LogP contribution in [-0.2, 0) is 4.79 Å². The number of aromatic nitrogens is 2. The Morgan fingerprint density at radius 3 is 2.79 bits per heavy atom. The van der Waals surface area contributed by atoms with Gasteiger partial charge in [0.1, 0.15) is 5.75 Å². The summed E-state index contributed by atoms with van der Waals surface area (Å²) in [4.78, 5) is 17.8. The highest BCUT2D eigenvalue weighted by atomic mass is 32.1. The van der Waals surface area contributed by atoms with Crippen LogP contribution in [0.15, 0.2) is 66.3 Å². The molecule has 2 aromatic carbocycles. The van der Waals surface area contributed by atoms with E-state index in [0.717, 1.165) is 38.8 Å². The Kier molecular flexibility index (Phi) is 4.95. The Morgan fingerprint density at radius 1 is 1.21 bits per heavy atom. The summed E-state index contributed by atoms with van der Waals surface area (Å²) in [5, 5.41) is 4.88. The van der Waals surface area contributed by atoms with Crippen molar-refractivity contribution in [1.82, 2.24) is 9.38 Å². The van der Waals surface area contributed by atoms with Gasteiger partial charge in [-0.05, 0) is 37.3 Å². The first kappa shape index (κ1) is 18.0. The van der Waals surface area contributed by atoms with E-state index in [2.05, 4.69) is 10.3 Å². The zero-order valence-corrected chi connectivity index (χ0v) is 16.4. The van der Waals surface area contributed by atoms with Crippen LogP contribution < -0.4 is 10.1 Å². The molecular formula is C22H19N3O2S. The molecule has 0 aliphatic heterocycles. The Hall–Kier alpha value is -3.38. The standard InChI is InChI=1S/C22H19N3O2S/c1-15-3-9-20(27-2)17(13-15)6-10-21(26)23-18-7-4-16(5-8-18)19-14-25-11-12-28-22(25)24-19/h3-14H,1-2H3,(H,23,26). The van der Waals surface area contributed by atoms with Gasteiger partial charge in [-0.25, -0.2) is 4.98 Å². The number of anilines is 1. The summed E-state index contributed by atoms with van der Waals surface area (Å²) in [6.07, 6.45) is 7.25. The van der Waals surface area contributed by atoms with Crippen molar-refractivity contribution in [2.24, 2.45) is 0 Å². The third kappa shape index (κ3) is 3.82. The quantitative estimate of drug-likeness (QED) is 0.487.